The lowest BCUT2D eigenvalue weighted by Crippen LogP contribution is -2.40. The van der Waals surface area contributed by atoms with Gasteiger partial charge in [-0.05, 0) is 50.0 Å². The number of carbonyl (C=O) groups is 1. The number of hydrogen-bond acceptors (Lipinski definition) is 2. The predicted molar refractivity (Wildman–Crippen MR) is 92.3 cm³/mol. The van der Waals surface area contributed by atoms with Crippen molar-refractivity contribution < 1.29 is 9.18 Å². The largest absolute Gasteiger partial charge is 0.339 e. The van der Waals surface area contributed by atoms with Crippen LogP contribution in [0, 0.1) is 18.7 Å². The van der Waals surface area contributed by atoms with E-state index in [4.69, 9.17) is 0 Å². The lowest BCUT2D eigenvalue weighted by molar-refractivity contribution is -0.129. The molecule has 0 spiro atoms. The number of rotatable bonds is 3. The van der Waals surface area contributed by atoms with Gasteiger partial charge in [-0.3, -0.25) is 4.79 Å². The Balaban J connectivity index is 1.90. The van der Waals surface area contributed by atoms with Crippen molar-refractivity contribution in [1.29, 1.82) is 0 Å². The first-order valence-electron chi connectivity index (χ1n) is 8.28. The summed E-state index contributed by atoms with van der Waals surface area (Å²) < 4.78 is 16.1. The van der Waals surface area contributed by atoms with Crippen molar-refractivity contribution in [2.75, 3.05) is 13.1 Å². The van der Waals surface area contributed by atoms with Gasteiger partial charge in [0.05, 0.1) is 17.7 Å². The second-order valence-corrected chi connectivity index (χ2v) is 6.46. The van der Waals surface area contributed by atoms with Crippen LogP contribution in [0.2, 0.25) is 0 Å². The van der Waals surface area contributed by atoms with Gasteiger partial charge >= 0.3 is 0 Å². The summed E-state index contributed by atoms with van der Waals surface area (Å²) in [5, 5.41) is 0. The quantitative estimate of drug-likeness (QED) is 0.808. The van der Waals surface area contributed by atoms with Gasteiger partial charge in [0.2, 0.25) is 5.91 Å². The van der Waals surface area contributed by atoms with E-state index in [9.17, 15) is 9.18 Å². The maximum absolute atomic E-state index is 14.4. The Kier molecular flexibility index (Phi) is 4.51. The van der Waals surface area contributed by atoms with Gasteiger partial charge in [0, 0.05) is 24.9 Å². The van der Waals surface area contributed by atoms with E-state index in [1.165, 1.54) is 6.07 Å². The average molecular weight is 327 g/mol. The number of likely N-dealkylation sites (N-methyl/N-ethyl adjacent to an activating group) is 1. The number of nitrogens with zero attached hydrogens (tertiary/aromatic N) is 3. The van der Waals surface area contributed by atoms with Crippen molar-refractivity contribution >= 4 is 12.0 Å². The van der Waals surface area contributed by atoms with E-state index in [1.54, 1.807) is 23.2 Å². The molecule has 1 aliphatic rings. The zero-order chi connectivity index (χ0) is 17.3. The van der Waals surface area contributed by atoms with Gasteiger partial charge in [-0.25, -0.2) is 9.37 Å². The molecule has 1 aromatic carbocycles. The monoisotopic (exact) mass is 327 g/mol. The summed E-state index contributed by atoms with van der Waals surface area (Å²) in [4.78, 5) is 18.4. The maximum Gasteiger partial charge on any atom is 0.249 e. The van der Waals surface area contributed by atoms with Crippen molar-refractivity contribution in [3.8, 4) is 5.69 Å². The standard InChI is InChI=1S/C19H22FN3O/c1-4-22-10-13(2)7-16(19(22)24)8-15-5-6-18(17(20)9-15)23-11-14(3)21-12-23/h5-6,8-9,11-13H,4,7,10H2,1-3H3/b16-8+/t13-/m0/s1. The minimum atomic E-state index is -0.328. The van der Waals surface area contributed by atoms with E-state index in [2.05, 4.69) is 11.9 Å². The molecule has 0 radical (unpaired) electrons. The molecule has 0 bridgehead atoms. The first-order valence-corrected chi connectivity index (χ1v) is 8.28. The van der Waals surface area contributed by atoms with Gasteiger partial charge in [-0.2, -0.15) is 0 Å². The number of benzene rings is 1. The molecule has 3 rings (SSSR count). The van der Waals surface area contributed by atoms with Crippen LogP contribution in [0.1, 0.15) is 31.5 Å². The average Bonchev–Trinajstić information content (AvgIpc) is 2.97. The Hall–Kier alpha value is -2.43. The summed E-state index contributed by atoms with van der Waals surface area (Å²) in [6, 6.07) is 5.03. The number of imidazole rings is 1. The van der Waals surface area contributed by atoms with Crippen molar-refractivity contribution in [2.24, 2.45) is 5.92 Å². The van der Waals surface area contributed by atoms with Crippen LogP contribution in [0.3, 0.4) is 0 Å². The van der Waals surface area contributed by atoms with Crippen molar-refractivity contribution in [2.45, 2.75) is 27.2 Å². The third kappa shape index (κ3) is 3.25. The highest BCUT2D eigenvalue weighted by Crippen LogP contribution is 2.25. The number of likely N-dealkylation sites (tertiary alicyclic amines) is 1. The van der Waals surface area contributed by atoms with Crippen LogP contribution >= 0.6 is 0 Å². The van der Waals surface area contributed by atoms with Gasteiger partial charge < -0.3 is 9.47 Å². The molecule has 2 aromatic rings. The van der Waals surface area contributed by atoms with Crippen molar-refractivity contribution in [3.63, 3.8) is 0 Å². The number of halogens is 1. The molecule has 4 nitrogen and oxygen atoms in total. The normalized spacial score (nSPS) is 20.0. The number of amides is 1. The van der Waals surface area contributed by atoms with Gasteiger partial charge in [-0.15, -0.1) is 0 Å². The molecule has 0 unspecified atom stereocenters. The van der Waals surface area contributed by atoms with Crippen LogP contribution < -0.4 is 0 Å². The second-order valence-electron chi connectivity index (χ2n) is 6.46. The van der Waals surface area contributed by atoms with Crippen LogP contribution in [0.15, 0.2) is 36.3 Å². The second kappa shape index (κ2) is 6.59. The summed E-state index contributed by atoms with van der Waals surface area (Å²) in [6.45, 7) is 7.47. The first-order chi connectivity index (χ1) is 11.5. The Bertz CT molecular complexity index is 794. The molecule has 126 valence electrons. The highest BCUT2D eigenvalue weighted by Gasteiger charge is 2.26. The zero-order valence-electron chi connectivity index (χ0n) is 14.3. The number of aromatic nitrogens is 2. The smallest absolute Gasteiger partial charge is 0.249 e. The van der Waals surface area contributed by atoms with E-state index in [-0.39, 0.29) is 11.7 Å². The molecule has 1 amide bonds. The molecule has 1 saturated heterocycles. The molecular weight excluding hydrogens is 305 g/mol. The van der Waals surface area contributed by atoms with E-state index >= 15 is 0 Å². The SMILES string of the molecule is CCN1C[C@@H](C)C/C(=C\c2ccc(-n3cnc(C)c3)c(F)c2)C1=O. The Morgan fingerprint density at radius 1 is 1.42 bits per heavy atom. The maximum atomic E-state index is 14.4. The van der Waals surface area contributed by atoms with Crippen LogP contribution in [0.4, 0.5) is 4.39 Å². The molecule has 1 atom stereocenters. The molecule has 1 aliphatic heterocycles. The van der Waals surface area contributed by atoms with Gasteiger partial charge in [0.15, 0.2) is 0 Å². The van der Waals surface area contributed by atoms with Crippen LogP contribution in [0.5, 0.6) is 0 Å². The number of hydrogen-bond donors (Lipinski definition) is 0. The number of piperidine rings is 1. The lowest BCUT2D eigenvalue weighted by atomic mass is 9.93. The predicted octanol–water partition coefficient (Wildman–Crippen LogP) is 3.59. The summed E-state index contributed by atoms with van der Waals surface area (Å²) in [5.74, 6) is 0.155. The molecular formula is C19H22FN3O. The first kappa shape index (κ1) is 16.4. The molecule has 1 aromatic heterocycles. The van der Waals surface area contributed by atoms with Crippen LogP contribution in [0.25, 0.3) is 11.8 Å². The fourth-order valence-corrected chi connectivity index (χ4v) is 3.16. The number of aryl methyl sites for hydroxylation is 1. The summed E-state index contributed by atoms with van der Waals surface area (Å²) in [5.41, 5.74) is 2.75. The summed E-state index contributed by atoms with van der Waals surface area (Å²) >= 11 is 0. The summed E-state index contributed by atoms with van der Waals surface area (Å²) in [7, 11) is 0. The minimum absolute atomic E-state index is 0.0605. The van der Waals surface area contributed by atoms with Gasteiger partial charge in [-0.1, -0.05) is 13.0 Å². The fraction of sp³-hybridized carbons (Fsp3) is 0.368. The molecule has 0 N–H and O–H groups in total. The zero-order valence-corrected chi connectivity index (χ0v) is 14.3. The molecule has 5 heteroatoms. The molecule has 0 aliphatic carbocycles. The van der Waals surface area contributed by atoms with E-state index in [0.29, 0.717) is 23.7 Å². The third-order valence-corrected chi connectivity index (χ3v) is 4.35. The minimum Gasteiger partial charge on any atom is -0.339 e. The van der Waals surface area contributed by atoms with Crippen molar-refractivity contribution in [1.82, 2.24) is 14.5 Å². The fourth-order valence-electron chi connectivity index (χ4n) is 3.16. The summed E-state index contributed by atoms with van der Waals surface area (Å²) in [6.07, 6.45) is 5.92. The van der Waals surface area contributed by atoms with Crippen LogP contribution in [-0.2, 0) is 4.79 Å². The number of carbonyl (C=O) groups excluding carboxylic acids is 1. The van der Waals surface area contributed by atoms with E-state index < -0.39 is 0 Å². The Labute approximate surface area is 141 Å². The lowest BCUT2D eigenvalue weighted by Gasteiger charge is -2.31. The molecule has 2 heterocycles. The highest BCUT2D eigenvalue weighted by atomic mass is 19.1. The molecule has 0 saturated carbocycles. The highest BCUT2D eigenvalue weighted by molar-refractivity contribution is 5.98. The van der Waals surface area contributed by atoms with Crippen molar-refractivity contribution in [3.05, 3.63) is 53.4 Å². The molecule has 1 fully saturated rings. The Morgan fingerprint density at radius 3 is 2.83 bits per heavy atom. The van der Waals surface area contributed by atoms with E-state index in [1.807, 2.05) is 30.9 Å². The van der Waals surface area contributed by atoms with Gasteiger partial charge in [0.1, 0.15) is 5.82 Å². The van der Waals surface area contributed by atoms with E-state index in [0.717, 1.165) is 24.2 Å². The van der Waals surface area contributed by atoms with Gasteiger partial charge in [0.25, 0.3) is 0 Å². The Morgan fingerprint density at radius 2 is 2.21 bits per heavy atom. The topological polar surface area (TPSA) is 38.1 Å². The van der Waals surface area contributed by atoms with Crippen LogP contribution in [-0.4, -0.2) is 33.4 Å². The third-order valence-electron chi connectivity index (χ3n) is 4.35. The molecule has 24 heavy (non-hydrogen) atoms.